The maximum Gasteiger partial charge on any atom is 0.152 e. The van der Waals surface area contributed by atoms with Gasteiger partial charge in [-0.15, -0.1) is 0 Å². The third-order valence-electron chi connectivity index (χ3n) is 5.06. The highest BCUT2D eigenvalue weighted by atomic mass is 16.3. The van der Waals surface area contributed by atoms with Crippen LogP contribution in [0.2, 0.25) is 0 Å². The van der Waals surface area contributed by atoms with E-state index in [0.717, 1.165) is 16.9 Å². The first-order valence-corrected chi connectivity index (χ1v) is 10.2. The highest BCUT2D eigenvalue weighted by Gasteiger charge is 2.07. The number of nitrogens with two attached hydrogens (primary N) is 1. The van der Waals surface area contributed by atoms with E-state index in [1.807, 2.05) is 61.7 Å². The fraction of sp³-hybridized carbons (Fsp3) is 0.208. The molecule has 0 amide bonds. The maximum atomic E-state index is 9.88. The monoisotopic (exact) mass is 420 g/mol. The normalized spacial score (nSPS) is 10.9. The largest absolute Gasteiger partial charge is 0.508 e. The lowest BCUT2D eigenvalue weighted by Gasteiger charge is -2.19. The number of hydrazone groups is 1. The SMILES string of the molecule is C[NH2+]c1ccccc1N(C)C/C=N/N(C)c1ccc(NCc2ccc(O)cc2O)cc1. The molecule has 3 aromatic carbocycles. The minimum atomic E-state index is 0.0493. The molecule has 162 valence electrons. The molecule has 0 heterocycles. The first kappa shape index (κ1) is 22.0. The Kier molecular flexibility index (Phi) is 7.35. The van der Waals surface area contributed by atoms with Crippen molar-refractivity contribution in [3.8, 4) is 11.5 Å². The summed E-state index contributed by atoms with van der Waals surface area (Å²) in [4.78, 5) is 2.17. The molecule has 0 fully saturated rings. The van der Waals surface area contributed by atoms with Gasteiger partial charge in [-0.2, -0.15) is 5.10 Å². The van der Waals surface area contributed by atoms with Gasteiger partial charge in [0.15, 0.2) is 5.69 Å². The van der Waals surface area contributed by atoms with Crippen molar-refractivity contribution in [3.05, 3.63) is 72.3 Å². The van der Waals surface area contributed by atoms with Gasteiger partial charge in [-0.1, -0.05) is 12.1 Å². The number of hydrogen-bond acceptors (Lipinski definition) is 6. The highest BCUT2D eigenvalue weighted by molar-refractivity contribution is 5.71. The van der Waals surface area contributed by atoms with Crippen molar-refractivity contribution in [2.75, 3.05) is 42.9 Å². The standard InChI is InChI=1S/C24H29N5O2/c1-25-22-6-4-5-7-23(22)28(2)15-14-27-29(3)20-11-9-19(10-12-20)26-17-18-8-13-21(30)16-24(18)31/h4-14,16,25-26,30-31H,15,17H2,1-3H3/p+1/b27-14+. The van der Waals surface area contributed by atoms with Crippen molar-refractivity contribution in [2.45, 2.75) is 6.54 Å². The number of nitrogens with one attached hydrogen (secondary N) is 1. The van der Waals surface area contributed by atoms with Crippen LogP contribution in [0, 0.1) is 0 Å². The van der Waals surface area contributed by atoms with Gasteiger partial charge in [0, 0.05) is 50.2 Å². The minimum Gasteiger partial charge on any atom is -0.508 e. The molecule has 0 radical (unpaired) electrons. The van der Waals surface area contributed by atoms with Crippen LogP contribution in [0.1, 0.15) is 5.56 Å². The van der Waals surface area contributed by atoms with Crippen molar-refractivity contribution < 1.29 is 15.5 Å². The number of phenols is 2. The second kappa shape index (κ2) is 10.4. The zero-order chi connectivity index (χ0) is 22.2. The third-order valence-corrected chi connectivity index (χ3v) is 5.06. The molecule has 0 aliphatic rings. The average Bonchev–Trinajstić information content (AvgIpc) is 2.78. The van der Waals surface area contributed by atoms with Gasteiger partial charge < -0.3 is 25.7 Å². The molecule has 0 aromatic heterocycles. The van der Waals surface area contributed by atoms with Gasteiger partial charge in [-0.05, 0) is 42.5 Å². The molecule has 0 aliphatic carbocycles. The molecular formula is C24H30N5O2+. The van der Waals surface area contributed by atoms with Gasteiger partial charge in [-0.25, -0.2) is 0 Å². The summed E-state index contributed by atoms with van der Waals surface area (Å²) in [5.41, 5.74) is 5.00. The van der Waals surface area contributed by atoms with E-state index in [0.29, 0.717) is 13.1 Å². The maximum absolute atomic E-state index is 9.88. The van der Waals surface area contributed by atoms with Crippen molar-refractivity contribution in [2.24, 2.45) is 5.10 Å². The van der Waals surface area contributed by atoms with E-state index < -0.39 is 0 Å². The van der Waals surface area contributed by atoms with Crippen LogP contribution >= 0.6 is 0 Å². The summed E-state index contributed by atoms with van der Waals surface area (Å²) in [5, 5.41) is 31.0. The number of phenolic OH excluding ortho intramolecular Hbond substituents is 2. The predicted octanol–water partition coefficient (Wildman–Crippen LogP) is 3.09. The number of nitrogens with zero attached hydrogens (tertiary/aromatic N) is 3. The molecule has 0 spiro atoms. The molecule has 31 heavy (non-hydrogen) atoms. The van der Waals surface area contributed by atoms with Crippen LogP contribution in [0.25, 0.3) is 0 Å². The first-order valence-electron chi connectivity index (χ1n) is 10.2. The minimum absolute atomic E-state index is 0.0493. The number of aromatic hydroxyl groups is 2. The number of benzene rings is 3. The highest BCUT2D eigenvalue weighted by Crippen LogP contribution is 2.24. The molecule has 0 atom stereocenters. The summed E-state index contributed by atoms with van der Waals surface area (Å²) in [5.74, 6) is 0.121. The summed E-state index contributed by atoms with van der Waals surface area (Å²) >= 11 is 0. The van der Waals surface area contributed by atoms with Gasteiger partial charge in [-0.3, -0.25) is 5.01 Å². The van der Waals surface area contributed by atoms with E-state index in [-0.39, 0.29) is 11.5 Å². The molecule has 5 N–H and O–H groups in total. The topological polar surface area (TPSA) is 87.9 Å². The Morgan fingerprint density at radius 3 is 2.45 bits per heavy atom. The Morgan fingerprint density at radius 2 is 1.74 bits per heavy atom. The van der Waals surface area contributed by atoms with Crippen molar-refractivity contribution in [1.29, 1.82) is 0 Å². The number of anilines is 3. The fourth-order valence-corrected chi connectivity index (χ4v) is 3.22. The third kappa shape index (κ3) is 5.90. The first-order chi connectivity index (χ1) is 15.0. The van der Waals surface area contributed by atoms with E-state index >= 15 is 0 Å². The molecule has 0 bridgehead atoms. The van der Waals surface area contributed by atoms with Crippen molar-refractivity contribution in [1.82, 2.24) is 0 Å². The Morgan fingerprint density at radius 1 is 1.00 bits per heavy atom. The summed E-state index contributed by atoms with van der Waals surface area (Å²) in [7, 11) is 6.02. The molecule has 0 aliphatic heterocycles. The number of para-hydroxylation sites is 2. The van der Waals surface area contributed by atoms with E-state index in [4.69, 9.17) is 0 Å². The summed E-state index contributed by atoms with van der Waals surface area (Å²) in [6.07, 6.45) is 1.90. The average molecular weight is 421 g/mol. The van der Waals surface area contributed by atoms with Gasteiger partial charge >= 0.3 is 0 Å². The fourth-order valence-electron chi connectivity index (χ4n) is 3.22. The van der Waals surface area contributed by atoms with Crippen molar-refractivity contribution >= 4 is 29.0 Å². The summed E-state index contributed by atoms with van der Waals surface area (Å²) in [6, 6.07) is 20.8. The lowest BCUT2D eigenvalue weighted by Crippen LogP contribution is -2.73. The van der Waals surface area contributed by atoms with E-state index in [2.05, 4.69) is 39.8 Å². The molecule has 0 saturated carbocycles. The predicted molar refractivity (Wildman–Crippen MR) is 128 cm³/mol. The summed E-state index contributed by atoms with van der Waals surface area (Å²) < 4.78 is 0. The molecule has 7 nitrogen and oxygen atoms in total. The Balaban J connectivity index is 1.54. The smallest absolute Gasteiger partial charge is 0.152 e. The molecule has 0 saturated heterocycles. The molecule has 3 rings (SSSR count). The molecule has 3 aromatic rings. The van der Waals surface area contributed by atoms with Gasteiger partial charge in [0.1, 0.15) is 11.5 Å². The van der Waals surface area contributed by atoms with Crippen molar-refractivity contribution in [3.63, 3.8) is 0 Å². The quantitative estimate of drug-likeness (QED) is 0.243. The number of hydrogen-bond donors (Lipinski definition) is 4. The zero-order valence-electron chi connectivity index (χ0n) is 18.2. The summed E-state index contributed by atoms with van der Waals surface area (Å²) in [6.45, 7) is 1.16. The van der Waals surface area contributed by atoms with Crippen LogP contribution in [-0.4, -0.2) is 44.1 Å². The molecule has 7 heteroatoms. The van der Waals surface area contributed by atoms with Crippen LogP contribution in [0.4, 0.5) is 22.7 Å². The second-order valence-corrected chi connectivity index (χ2v) is 7.26. The van der Waals surface area contributed by atoms with Crippen LogP contribution in [-0.2, 0) is 6.54 Å². The second-order valence-electron chi connectivity index (χ2n) is 7.26. The van der Waals surface area contributed by atoms with Crippen LogP contribution in [0.15, 0.2) is 71.8 Å². The molecular weight excluding hydrogens is 390 g/mol. The van der Waals surface area contributed by atoms with E-state index in [9.17, 15) is 10.2 Å². The van der Waals surface area contributed by atoms with Crippen LogP contribution in [0.3, 0.4) is 0 Å². The van der Waals surface area contributed by atoms with Gasteiger partial charge in [0.2, 0.25) is 0 Å². The molecule has 0 unspecified atom stereocenters. The van der Waals surface area contributed by atoms with Crippen LogP contribution in [0.5, 0.6) is 11.5 Å². The Hall–Kier alpha value is -3.71. The van der Waals surface area contributed by atoms with Gasteiger partial charge in [0.05, 0.1) is 25.0 Å². The number of quaternary nitrogens is 1. The van der Waals surface area contributed by atoms with Gasteiger partial charge in [0.25, 0.3) is 0 Å². The zero-order valence-corrected chi connectivity index (χ0v) is 18.2. The lowest BCUT2D eigenvalue weighted by atomic mass is 10.2. The Labute approximate surface area is 183 Å². The van der Waals surface area contributed by atoms with Crippen LogP contribution < -0.4 is 20.5 Å². The number of rotatable bonds is 9. The van der Waals surface area contributed by atoms with E-state index in [1.54, 1.807) is 12.1 Å². The van der Waals surface area contributed by atoms with E-state index in [1.165, 1.54) is 17.4 Å². The lowest BCUT2D eigenvalue weighted by molar-refractivity contribution is -0.538. The Bertz CT molecular complexity index is 1020.